The number of rotatable bonds is 3. The van der Waals surface area contributed by atoms with E-state index in [2.05, 4.69) is 5.32 Å². The number of halogens is 3. The lowest BCUT2D eigenvalue weighted by Gasteiger charge is -2.03. The highest BCUT2D eigenvalue weighted by molar-refractivity contribution is 6.47. The van der Waals surface area contributed by atoms with Crippen molar-refractivity contribution in [1.29, 1.82) is 0 Å². The molecular formula is C12H10Cl3NO. The molecular weight excluding hydrogens is 280 g/mol. The highest BCUT2D eigenvalue weighted by Gasteiger charge is 2.22. The molecule has 0 atom stereocenters. The van der Waals surface area contributed by atoms with Gasteiger partial charge in [-0.2, -0.15) is 0 Å². The number of benzene rings is 1. The summed E-state index contributed by atoms with van der Waals surface area (Å²) in [6.45, 7) is 0.730. The Morgan fingerprint density at radius 3 is 2.71 bits per heavy atom. The van der Waals surface area contributed by atoms with Gasteiger partial charge in [-0.05, 0) is 18.9 Å². The fraction of sp³-hybridized carbons (Fsp3) is 0.333. The van der Waals surface area contributed by atoms with Crippen molar-refractivity contribution < 1.29 is 4.42 Å². The zero-order valence-corrected chi connectivity index (χ0v) is 11.2. The van der Waals surface area contributed by atoms with Gasteiger partial charge in [-0.3, -0.25) is 0 Å². The number of fused-ring (bicyclic) bond motifs is 1. The normalized spacial score (nSPS) is 15.7. The monoisotopic (exact) mass is 289 g/mol. The summed E-state index contributed by atoms with van der Waals surface area (Å²) in [4.78, 5) is 0. The van der Waals surface area contributed by atoms with Crippen molar-refractivity contribution in [2.45, 2.75) is 25.4 Å². The largest absolute Gasteiger partial charge is 0.462 e. The van der Waals surface area contributed by atoms with Crippen molar-refractivity contribution in [3.63, 3.8) is 0 Å². The fourth-order valence-corrected chi connectivity index (χ4v) is 2.61. The summed E-state index contributed by atoms with van der Waals surface area (Å²) in [5.41, 5.74) is 1.61. The standard InChI is InChI=1S/C12H10Cl3NO/c13-8-3-9(14)12-10(11(8)15)6(5-17-12)4-16-7-1-2-7/h3,5,7,16H,1-2,4H2. The second kappa shape index (κ2) is 4.36. The van der Waals surface area contributed by atoms with Crippen LogP contribution in [0.15, 0.2) is 16.7 Å². The van der Waals surface area contributed by atoms with Gasteiger partial charge >= 0.3 is 0 Å². The van der Waals surface area contributed by atoms with Crippen LogP contribution in [0.4, 0.5) is 0 Å². The minimum Gasteiger partial charge on any atom is -0.462 e. The van der Waals surface area contributed by atoms with Crippen molar-refractivity contribution in [3.05, 3.63) is 33.0 Å². The van der Waals surface area contributed by atoms with E-state index in [4.69, 9.17) is 39.2 Å². The smallest absolute Gasteiger partial charge is 0.154 e. The predicted octanol–water partition coefficient (Wildman–Crippen LogP) is 4.65. The number of hydrogen-bond donors (Lipinski definition) is 1. The van der Waals surface area contributed by atoms with Gasteiger partial charge in [0.1, 0.15) is 0 Å². The molecule has 2 nitrogen and oxygen atoms in total. The lowest BCUT2D eigenvalue weighted by Crippen LogP contribution is -2.14. The SMILES string of the molecule is Clc1cc(Cl)c2occ(CNC3CC3)c2c1Cl. The first kappa shape index (κ1) is 11.7. The van der Waals surface area contributed by atoms with Crippen LogP contribution in [0, 0.1) is 0 Å². The van der Waals surface area contributed by atoms with Gasteiger partial charge in [0.05, 0.1) is 21.3 Å². The van der Waals surface area contributed by atoms with Crippen molar-refractivity contribution in [3.8, 4) is 0 Å². The lowest BCUT2D eigenvalue weighted by atomic mass is 10.1. The molecule has 0 radical (unpaired) electrons. The first-order valence-electron chi connectivity index (χ1n) is 5.44. The maximum absolute atomic E-state index is 6.20. The fourth-order valence-electron chi connectivity index (χ4n) is 1.84. The van der Waals surface area contributed by atoms with Crippen molar-refractivity contribution >= 4 is 45.8 Å². The van der Waals surface area contributed by atoms with Crippen LogP contribution in [-0.4, -0.2) is 6.04 Å². The molecule has 1 saturated carbocycles. The highest BCUT2D eigenvalue weighted by Crippen LogP contribution is 2.39. The molecule has 1 fully saturated rings. The van der Waals surface area contributed by atoms with Gasteiger partial charge in [-0.1, -0.05) is 34.8 Å². The molecule has 1 aliphatic rings. The van der Waals surface area contributed by atoms with Crippen LogP contribution in [0.2, 0.25) is 15.1 Å². The molecule has 5 heteroatoms. The summed E-state index contributed by atoms with van der Waals surface area (Å²) in [5, 5.41) is 5.69. The summed E-state index contributed by atoms with van der Waals surface area (Å²) >= 11 is 18.3. The van der Waals surface area contributed by atoms with E-state index in [1.165, 1.54) is 12.8 Å². The molecule has 1 aliphatic carbocycles. The Labute approximate surface area is 114 Å². The van der Waals surface area contributed by atoms with Gasteiger partial charge in [0.15, 0.2) is 5.58 Å². The lowest BCUT2D eigenvalue weighted by molar-refractivity contribution is 0.601. The van der Waals surface area contributed by atoms with E-state index in [1.54, 1.807) is 12.3 Å². The average Bonchev–Trinajstić information content (AvgIpc) is 3.02. The van der Waals surface area contributed by atoms with Crippen molar-refractivity contribution in [2.75, 3.05) is 0 Å². The molecule has 0 aliphatic heterocycles. The van der Waals surface area contributed by atoms with Crippen molar-refractivity contribution in [2.24, 2.45) is 0 Å². The van der Waals surface area contributed by atoms with Crippen LogP contribution in [0.25, 0.3) is 11.0 Å². The van der Waals surface area contributed by atoms with E-state index < -0.39 is 0 Å². The molecule has 1 heterocycles. The molecule has 0 bridgehead atoms. The molecule has 0 unspecified atom stereocenters. The van der Waals surface area contributed by atoms with E-state index in [9.17, 15) is 0 Å². The van der Waals surface area contributed by atoms with Crippen LogP contribution in [0.1, 0.15) is 18.4 Å². The number of furan rings is 1. The Morgan fingerprint density at radius 2 is 2.00 bits per heavy atom. The third-order valence-corrected chi connectivity index (χ3v) is 3.99. The van der Waals surface area contributed by atoms with Gasteiger partial charge < -0.3 is 9.73 Å². The van der Waals surface area contributed by atoms with Gasteiger partial charge in [-0.15, -0.1) is 0 Å². The minimum atomic E-state index is 0.457. The highest BCUT2D eigenvalue weighted by atomic mass is 35.5. The zero-order valence-electron chi connectivity index (χ0n) is 8.90. The van der Waals surface area contributed by atoms with Crippen LogP contribution >= 0.6 is 34.8 Å². The van der Waals surface area contributed by atoms with E-state index in [0.29, 0.717) is 26.7 Å². The van der Waals surface area contributed by atoms with E-state index in [-0.39, 0.29) is 0 Å². The summed E-state index contributed by atoms with van der Waals surface area (Å²) < 4.78 is 5.45. The minimum absolute atomic E-state index is 0.457. The van der Waals surface area contributed by atoms with Crippen LogP contribution in [0.5, 0.6) is 0 Å². The molecule has 1 aromatic heterocycles. The summed E-state index contributed by atoms with van der Waals surface area (Å²) in [7, 11) is 0. The summed E-state index contributed by atoms with van der Waals surface area (Å²) in [6.07, 6.45) is 4.17. The maximum Gasteiger partial charge on any atom is 0.154 e. The predicted molar refractivity (Wildman–Crippen MR) is 71.1 cm³/mol. The molecule has 2 aromatic rings. The van der Waals surface area contributed by atoms with Gasteiger partial charge in [-0.25, -0.2) is 0 Å². The second-order valence-corrected chi connectivity index (χ2v) is 5.47. The second-order valence-electron chi connectivity index (χ2n) is 4.27. The summed E-state index contributed by atoms with van der Waals surface area (Å²) in [6, 6.07) is 2.24. The molecule has 1 N–H and O–H groups in total. The molecule has 3 rings (SSSR count). The van der Waals surface area contributed by atoms with E-state index >= 15 is 0 Å². The number of nitrogens with one attached hydrogen (secondary N) is 1. The Balaban J connectivity index is 2.05. The van der Waals surface area contributed by atoms with Gasteiger partial charge in [0, 0.05) is 23.5 Å². The van der Waals surface area contributed by atoms with Gasteiger partial charge in [0.25, 0.3) is 0 Å². The van der Waals surface area contributed by atoms with Crippen LogP contribution < -0.4 is 5.32 Å². The van der Waals surface area contributed by atoms with Crippen LogP contribution in [-0.2, 0) is 6.54 Å². The Morgan fingerprint density at radius 1 is 1.24 bits per heavy atom. The van der Waals surface area contributed by atoms with E-state index in [0.717, 1.165) is 17.5 Å². The molecule has 0 saturated heterocycles. The zero-order chi connectivity index (χ0) is 12.0. The topological polar surface area (TPSA) is 25.2 Å². The first-order chi connectivity index (χ1) is 8.16. The maximum atomic E-state index is 6.20. The van der Waals surface area contributed by atoms with Gasteiger partial charge in [0.2, 0.25) is 0 Å². The van der Waals surface area contributed by atoms with Crippen LogP contribution in [0.3, 0.4) is 0 Å². The third kappa shape index (κ3) is 2.15. The molecule has 0 spiro atoms. The molecule has 17 heavy (non-hydrogen) atoms. The Hall–Kier alpha value is -0.410. The quantitative estimate of drug-likeness (QED) is 0.833. The number of hydrogen-bond acceptors (Lipinski definition) is 2. The molecule has 0 amide bonds. The molecule has 90 valence electrons. The third-order valence-electron chi connectivity index (χ3n) is 2.93. The Kier molecular flexibility index (Phi) is 2.99. The summed E-state index contributed by atoms with van der Waals surface area (Å²) in [5.74, 6) is 0. The average molecular weight is 291 g/mol. The molecule has 1 aromatic carbocycles. The first-order valence-corrected chi connectivity index (χ1v) is 6.57. The van der Waals surface area contributed by atoms with Crippen molar-refractivity contribution in [1.82, 2.24) is 5.32 Å². The van der Waals surface area contributed by atoms with E-state index in [1.807, 2.05) is 0 Å². The Bertz CT molecular complexity index is 575.